The third-order valence-corrected chi connectivity index (χ3v) is 3.62. The van der Waals surface area contributed by atoms with E-state index in [1.807, 2.05) is 4.90 Å². The number of methoxy groups -OCH3 is 1. The molecular weight excluding hydrogens is 284 g/mol. The summed E-state index contributed by atoms with van der Waals surface area (Å²) in [6, 6.07) is 3.56. The predicted molar refractivity (Wildman–Crippen MR) is 67.9 cm³/mol. The molecule has 1 saturated heterocycles. The Morgan fingerprint density at radius 2 is 2.47 bits per heavy atom. The predicted octanol–water partition coefficient (Wildman–Crippen LogP) is 2.10. The van der Waals surface area contributed by atoms with Crippen molar-refractivity contribution in [3.63, 3.8) is 0 Å². The fourth-order valence-electron chi connectivity index (χ4n) is 2.03. The van der Waals surface area contributed by atoms with Crippen LogP contribution in [-0.2, 0) is 4.74 Å². The average molecular weight is 299 g/mol. The molecule has 0 N–H and O–H groups in total. The monoisotopic (exact) mass is 298 g/mol. The Hall–Kier alpha value is -0.940. The number of halogens is 1. The van der Waals surface area contributed by atoms with Crippen LogP contribution in [0.4, 0.5) is 0 Å². The number of carbonyl (C=O) groups is 1. The van der Waals surface area contributed by atoms with Gasteiger partial charge in [0.1, 0.15) is 4.60 Å². The highest BCUT2D eigenvalue weighted by molar-refractivity contribution is 9.10. The van der Waals surface area contributed by atoms with Crippen molar-refractivity contribution in [3.8, 4) is 0 Å². The van der Waals surface area contributed by atoms with Crippen LogP contribution in [0.15, 0.2) is 22.9 Å². The summed E-state index contributed by atoms with van der Waals surface area (Å²) >= 11 is 3.31. The van der Waals surface area contributed by atoms with Crippen LogP contribution in [0.5, 0.6) is 0 Å². The first-order valence-corrected chi connectivity index (χ1v) is 6.44. The second-order valence-electron chi connectivity index (χ2n) is 4.09. The minimum atomic E-state index is 0.0201. The minimum absolute atomic E-state index is 0.0201. The van der Waals surface area contributed by atoms with Crippen LogP contribution in [0.2, 0.25) is 0 Å². The largest absolute Gasteiger partial charge is 0.380 e. The minimum Gasteiger partial charge on any atom is -0.380 e. The molecule has 92 valence electrons. The van der Waals surface area contributed by atoms with Crippen LogP contribution in [0.3, 0.4) is 0 Å². The normalized spacial score (nSPS) is 20.4. The molecule has 2 heterocycles. The molecule has 0 aliphatic carbocycles. The van der Waals surface area contributed by atoms with Gasteiger partial charge in [0.05, 0.1) is 11.7 Å². The maximum Gasteiger partial charge on any atom is 0.256 e. The molecule has 1 amide bonds. The highest BCUT2D eigenvalue weighted by Crippen LogP contribution is 2.19. The molecule has 1 unspecified atom stereocenters. The summed E-state index contributed by atoms with van der Waals surface area (Å²) in [5, 5.41) is 0. The summed E-state index contributed by atoms with van der Waals surface area (Å²) in [6.45, 7) is 1.46. The highest BCUT2D eigenvalue weighted by Gasteiger charge is 2.25. The first-order valence-electron chi connectivity index (χ1n) is 5.65. The van der Waals surface area contributed by atoms with Crippen molar-refractivity contribution in [2.75, 3.05) is 20.2 Å². The van der Waals surface area contributed by atoms with E-state index in [0.717, 1.165) is 19.4 Å². The lowest BCUT2D eigenvalue weighted by Gasteiger charge is -2.32. The second kappa shape index (κ2) is 5.60. The number of ether oxygens (including phenoxy) is 1. The Labute approximate surface area is 109 Å². The summed E-state index contributed by atoms with van der Waals surface area (Å²) in [5.74, 6) is 0.0201. The Balaban J connectivity index is 2.12. The number of carbonyl (C=O) groups excluding carboxylic acids is 1. The number of likely N-dealkylation sites (tertiary alicyclic amines) is 1. The summed E-state index contributed by atoms with van der Waals surface area (Å²) in [4.78, 5) is 18.2. The number of aromatic nitrogens is 1. The molecule has 1 aliphatic heterocycles. The zero-order chi connectivity index (χ0) is 12.3. The van der Waals surface area contributed by atoms with Gasteiger partial charge in [-0.3, -0.25) is 4.79 Å². The van der Waals surface area contributed by atoms with E-state index in [-0.39, 0.29) is 12.0 Å². The van der Waals surface area contributed by atoms with Crippen molar-refractivity contribution in [3.05, 3.63) is 28.5 Å². The van der Waals surface area contributed by atoms with Crippen molar-refractivity contribution in [1.82, 2.24) is 9.88 Å². The molecule has 1 atom stereocenters. The molecule has 1 aromatic rings. The van der Waals surface area contributed by atoms with Crippen LogP contribution in [0.25, 0.3) is 0 Å². The first-order chi connectivity index (χ1) is 8.22. The number of hydrogen-bond acceptors (Lipinski definition) is 3. The van der Waals surface area contributed by atoms with E-state index in [0.29, 0.717) is 16.7 Å². The van der Waals surface area contributed by atoms with Crippen LogP contribution in [0.1, 0.15) is 23.2 Å². The third kappa shape index (κ3) is 2.84. The van der Waals surface area contributed by atoms with Crippen molar-refractivity contribution < 1.29 is 9.53 Å². The van der Waals surface area contributed by atoms with Gasteiger partial charge in [0.15, 0.2) is 0 Å². The van der Waals surface area contributed by atoms with Crippen molar-refractivity contribution in [1.29, 1.82) is 0 Å². The smallest absolute Gasteiger partial charge is 0.256 e. The molecule has 2 rings (SSSR count). The number of amides is 1. The molecule has 0 saturated carbocycles. The van der Waals surface area contributed by atoms with Gasteiger partial charge in [-0.05, 0) is 40.9 Å². The van der Waals surface area contributed by atoms with Gasteiger partial charge in [-0.25, -0.2) is 4.98 Å². The zero-order valence-corrected chi connectivity index (χ0v) is 11.3. The Bertz CT molecular complexity index is 411. The lowest BCUT2D eigenvalue weighted by Crippen LogP contribution is -2.43. The van der Waals surface area contributed by atoms with E-state index in [9.17, 15) is 4.79 Å². The molecule has 4 nitrogen and oxygen atoms in total. The molecule has 0 spiro atoms. The highest BCUT2D eigenvalue weighted by atomic mass is 79.9. The van der Waals surface area contributed by atoms with Crippen LogP contribution in [0, 0.1) is 0 Å². The van der Waals surface area contributed by atoms with E-state index < -0.39 is 0 Å². The maximum absolute atomic E-state index is 12.3. The summed E-state index contributed by atoms with van der Waals surface area (Å²) in [6.07, 6.45) is 3.83. The van der Waals surface area contributed by atoms with Crippen molar-refractivity contribution in [2.24, 2.45) is 0 Å². The van der Waals surface area contributed by atoms with Gasteiger partial charge in [0.25, 0.3) is 5.91 Å². The van der Waals surface area contributed by atoms with Gasteiger partial charge < -0.3 is 9.64 Å². The lowest BCUT2D eigenvalue weighted by molar-refractivity contribution is 0.0268. The van der Waals surface area contributed by atoms with Gasteiger partial charge in [-0.2, -0.15) is 0 Å². The second-order valence-corrected chi connectivity index (χ2v) is 4.84. The van der Waals surface area contributed by atoms with Crippen LogP contribution < -0.4 is 0 Å². The van der Waals surface area contributed by atoms with Gasteiger partial charge in [0, 0.05) is 26.4 Å². The standard InChI is InChI=1S/C12H15BrN2O2/c1-17-9-4-3-7-15(8-9)12(16)10-5-2-6-14-11(10)13/h2,5-6,9H,3-4,7-8H2,1H3. The number of rotatable bonds is 2. The maximum atomic E-state index is 12.3. The summed E-state index contributed by atoms with van der Waals surface area (Å²) in [7, 11) is 1.69. The molecule has 0 radical (unpaired) electrons. The Morgan fingerprint density at radius 1 is 1.65 bits per heavy atom. The molecule has 0 bridgehead atoms. The molecule has 1 fully saturated rings. The van der Waals surface area contributed by atoms with E-state index in [1.165, 1.54) is 0 Å². The number of nitrogens with zero attached hydrogens (tertiary/aromatic N) is 2. The van der Waals surface area contributed by atoms with E-state index in [2.05, 4.69) is 20.9 Å². The molecule has 1 aliphatic rings. The van der Waals surface area contributed by atoms with Gasteiger partial charge in [-0.1, -0.05) is 0 Å². The molecule has 17 heavy (non-hydrogen) atoms. The van der Waals surface area contributed by atoms with Crippen LogP contribution in [-0.4, -0.2) is 42.1 Å². The van der Waals surface area contributed by atoms with Crippen LogP contribution >= 0.6 is 15.9 Å². The average Bonchev–Trinajstić information content (AvgIpc) is 2.38. The zero-order valence-electron chi connectivity index (χ0n) is 9.73. The summed E-state index contributed by atoms with van der Waals surface area (Å²) < 4.78 is 5.92. The van der Waals surface area contributed by atoms with E-state index in [1.54, 1.807) is 25.4 Å². The SMILES string of the molecule is COC1CCCN(C(=O)c2cccnc2Br)C1. The summed E-state index contributed by atoms with van der Waals surface area (Å²) in [5.41, 5.74) is 0.615. The Morgan fingerprint density at radius 3 is 3.18 bits per heavy atom. The molecule has 0 aromatic carbocycles. The fraction of sp³-hybridized carbons (Fsp3) is 0.500. The van der Waals surface area contributed by atoms with E-state index in [4.69, 9.17) is 4.74 Å². The molecular formula is C12H15BrN2O2. The van der Waals surface area contributed by atoms with Crippen molar-refractivity contribution in [2.45, 2.75) is 18.9 Å². The first kappa shape index (κ1) is 12.5. The number of pyridine rings is 1. The lowest BCUT2D eigenvalue weighted by atomic mass is 10.1. The molecule has 1 aromatic heterocycles. The molecule has 5 heteroatoms. The van der Waals surface area contributed by atoms with Gasteiger partial charge in [-0.15, -0.1) is 0 Å². The van der Waals surface area contributed by atoms with Gasteiger partial charge >= 0.3 is 0 Å². The topological polar surface area (TPSA) is 42.4 Å². The van der Waals surface area contributed by atoms with E-state index >= 15 is 0 Å². The number of hydrogen-bond donors (Lipinski definition) is 0. The quantitative estimate of drug-likeness (QED) is 0.785. The van der Waals surface area contributed by atoms with Crippen molar-refractivity contribution >= 4 is 21.8 Å². The Kier molecular flexibility index (Phi) is 4.12. The fourth-order valence-corrected chi connectivity index (χ4v) is 2.45. The third-order valence-electron chi connectivity index (χ3n) is 2.99. The number of piperidine rings is 1. The van der Waals surface area contributed by atoms with Gasteiger partial charge in [0.2, 0.25) is 0 Å².